The molecule has 3 rings (SSSR count). The molecule has 1 saturated heterocycles. The van der Waals surface area contributed by atoms with Crippen molar-refractivity contribution >= 4 is 16.7 Å². The number of hydrogen-bond donors (Lipinski definition) is 1. The van der Waals surface area contributed by atoms with Crippen molar-refractivity contribution in [3.63, 3.8) is 0 Å². The number of aromatic nitrogens is 2. The highest BCUT2D eigenvalue weighted by Crippen LogP contribution is 2.39. The average molecular weight is 282 g/mol. The lowest BCUT2D eigenvalue weighted by atomic mass is 10.2. The van der Waals surface area contributed by atoms with Crippen LogP contribution in [-0.4, -0.2) is 48.8 Å². The van der Waals surface area contributed by atoms with Crippen molar-refractivity contribution in [2.24, 2.45) is 0 Å². The maximum atomic E-state index is 5.22. The topological polar surface area (TPSA) is 50.3 Å². The van der Waals surface area contributed by atoms with Crippen LogP contribution in [0.3, 0.4) is 0 Å². The fraction of sp³-hybridized carbons (Fsp3) is 0.846. The van der Waals surface area contributed by atoms with E-state index >= 15 is 0 Å². The smallest absolute Gasteiger partial charge is 0.205 e. The zero-order valence-electron chi connectivity index (χ0n) is 11.5. The fourth-order valence-electron chi connectivity index (χ4n) is 2.51. The van der Waals surface area contributed by atoms with Crippen molar-refractivity contribution in [2.75, 3.05) is 38.3 Å². The largest absolute Gasteiger partial charge is 0.383 e. The van der Waals surface area contributed by atoms with E-state index in [1.165, 1.54) is 25.7 Å². The Bertz CT molecular complexity index is 401. The molecule has 1 saturated carbocycles. The monoisotopic (exact) mass is 282 g/mol. The second kappa shape index (κ2) is 6.15. The Morgan fingerprint density at radius 1 is 1.42 bits per heavy atom. The van der Waals surface area contributed by atoms with Gasteiger partial charge in [0.25, 0.3) is 0 Å². The minimum absolute atomic E-state index is 0.588. The first-order valence-electron chi connectivity index (χ1n) is 7.17. The van der Waals surface area contributed by atoms with Gasteiger partial charge in [-0.2, -0.15) is 4.37 Å². The summed E-state index contributed by atoms with van der Waals surface area (Å²) in [5.74, 6) is 1.70. The molecule has 19 heavy (non-hydrogen) atoms. The quantitative estimate of drug-likeness (QED) is 0.823. The first-order valence-corrected chi connectivity index (χ1v) is 7.95. The van der Waals surface area contributed by atoms with E-state index in [1.807, 2.05) is 0 Å². The normalized spacial score (nSPS) is 22.9. The summed E-state index contributed by atoms with van der Waals surface area (Å²) in [6.45, 7) is 3.80. The van der Waals surface area contributed by atoms with Gasteiger partial charge in [0.1, 0.15) is 5.82 Å². The maximum absolute atomic E-state index is 5.22. The molecule has 0 spiro atoms. The number of nitrogens with zero attached hydrogens (tertiary/aromatic N) is 3. The highest BCUT2D eigenvalue weighted by Gasteiger charge is 2.29. The molecule has 6 heteroatoms. The number of rotatable bonds is 7. The highest BCUT2D eigenvalue weighted by atomic mass is 32.1. The fourth-order valence-corrected chi connectivity index (χ4v) is 3.29. The van der Waals surface area contributed by atoms with E-state index in [4.69, 9.17) is 9.72 Å². The van der Waals surface area contributed by atoms with Crippen molar-refractivity contribution < 1.29 is 4.74 Å². The van der Waals surface area contributed by atoms with E-state index in [-0.39, 0.29) is 0 Å². The lowest BCUT2D eigenvalue weighted by molar-refractivity contribution is 0.204. The minimum atomic E-state index is 0.588. The molecule has 106 valence electrons. The number of anilines is 1. The lowest BCUT2D eigenvalue weighted by Gasteiger charge is -2.24. The zero-order chi connectivity index (χ0) is 13.1. The van der Waals surface area contributed by atoms with Crippen molar-refractivity contribution in [3.05, 3.63) is 5.82 Å². The highest BCUT2D eigenvalue weighted by molar-refractivity contribution is 7.09. The summed E-state index contributed by atoms with van der Waals surface area (Å²) in [6, 6.07) is 0.588. The van der Waals surface area contributed by atoms with Crippen LogP contribution in [0.4, 0.5) is 5.13 Å². The molecular weight excluding hydrogens is 260 g/mol. The second-order valence-electron chi connectivity index (χ2n) is 5.44. The predicted molar refractivity (Wildman–Crippen MR) is 77.0 cm³/mol. The standard InChI is InChI=1S/C13H22N4OS/c1-18-8-7-17(9-11-3-2-6-14-11)13-15-12(16-19-13)10-4-5-10/h10-11,14H,2-9H2,1H3. The molecule has 1 aromatic heterocycles. The first-order chi connectivity index (χ1) is 9.36. The van der Waals surface area contributed by atoms with Crippen molar-refractivity contribution in [1.29, 1.82) is 0 Å². The average Bonchev–Trinajstić information content (AvgIpc) is 2.94. The summed E-state index contributed by atoms with van der Waals surface area (Å²) in [5, 5.41) is 4.61. The van der Waals surface area contributed by atoms with Crippen LogP contribution in [0.2, 0.25) is 0 Å². The van der Waals surface area contributed by atoms with E-state index in [2.05, 4.69) is 14.6 Å². The third-order valence-corrected chi connectivity index (χ3v) is 4.60. The Morgan fingerprint density at radius 2 is 2.32 bits per heavy atom. The number of nitrogens with one attached hydrogen (secondary N) is 1. The Balaban J connectivity index is 1.64. The van der Waals surface area contributed by atoms with Crippen molar-refractivity contribution in [3.8, 4) is 0 Å². The van der Waals surface area contributed by atoms with E-state index in [1.54, 1.807) is 18.6 Å². The van der Waals surface area contributed by atoms with Gasteiger partial charge in [-0.25, -0.2) is 4.98 Å². The third-order valence-electron chi connectivity index (χ3n) is 3.81. The first kappa shape index (κ1) is 13.3. The Kier molecular flexibility index (Phi) is 4.30. The van der Waals surface area contributed by atoms with Gasteiger partial charge in [-0.1, -0.05) is 0 Å². The van der Waals surface area contributed by atoms with Gasteiger partial charge in [0.05, 0.1) is 6.61 Å². The molecule has 0 aromatic carbocycles. The third kappa shape index (κ3) is 3.43. The molecular formula is C13H22N4OS. The van der Waals surface area contributed by atoms with Gasteiger partial charge in [-0.05, 0) is 32.2 Å². The molecule has 1 aliphatic heterocycles. The number of ether oxygens (including phenoxy) is 1. The number of methoxy groups -OCH3 is 1. The Labute approximate surface area is 118 Å². The van der Waals surface area contributed by atoms with Crippen LogP contribution in [0.1, 0.15) is 37.4 Å². The zero-order valence-corrected chi connectivity index (χ0v) is 12.3. The molecule has 2 heterocycles. The SMILES string of the molecule is COCCN(CC1CCCN1)c1nc(C2CC2)ns1. The van der Waals surface area contributed by atoms with E-state index in [9.17, 15) is 0 Å². The minimum Gasteiger partial charge on any atom is -0.383 e. The van der Waals surface area contributed by atoms with Crippen LogP contribution in [-0.2, 0) is 4.74 Å². The molecule has 1 aromatic rings. The Morgan fingerprint density at radius 3 is 3.00 bits per heavy atom. The molecule has 0 amide bonds. The van der Waals surface area contributed by atoms with Crippen LogP contribution < -0.4 is 10.2 Å². The van der Waals surface area contributed by atoms with Crippen LogP contribution in [0.25, 0.3) is 0 Å². The van der Waals surface area contributed by atoms with Crippen LogP contribution in [0, 0.1) is 0 Å². The summed E-state index contributed by atoms with van der Waals surface area (Å²) in [7, 11) is 1.75. The van der Waals surface area contributed by atoms with Gasteiger partial charge in [-0.15, -0.1) is 0 Å². The molecule has 2 fully saturated rings. The lowest BCUT2D eigenvalue weighted by Crippen LogP contribution is -2.39. The molecule has 1 atom stereocenters. The number of hydrogen-bond acceptors (Lipinski definition) is 6. The molecule has 0 radical (unpaired) electrons. The summed E-state index contributed by atoms with van der Waals surface area (Å²) in [6.07, 6.45) is 5.07. The summed E-state index contributed by atoms with van der Waals surface area (Å²) >= 11 is 1.54. The van der Waals surface area contributed by atoms with Crippen LogP contribution in [0.5, 0.6) is 0 Å². The van der Waals surface area contributed by atoms with Crippen LogP contribution in [0.15, 0.2) is 0 Å². The molecule has 2 aliphatic rings. The molecule has 5 nitrogen and oxygen atoms in total. The van der Waals surface area contributed by atoms with E-state index in [0.29, 0.717) is 12.0 Å². The van der Waals surface area contributed by atoms with Gasteiger partial charge in [0.2, 0.25) is 5.13 Å². The molecule has 1 unspecified atom stereocenters. The van der Waals surface area contributed by atoms with E-state index in [0.717, 1.165) is 37.2 Å². The van der Waals surface area contributed by atoms with Gasteiger partial charge >= 0.3 is 0 Å². The summed E-state index contributed by atoms with van der Waals surface area (Å²) in [4.78, 5) is 7.05. The Hall–Kier alpha value is -0.720. The maximum Gasteiger partial charge on any atom is 0.205 e. The van der Waals surface area contributed by atoms with Gasteiger partial charge in [0, 0.05) is 43.7 Å². The van der Waals surface area contributed by atoms with Crippen LogP contribution >= 0.6 is 11.5 Å². The van der Waals surface area contributed by atoms with E-state index < -0.39 is 0 Å². The van der Waals surface area contributed by atoms with Gasteiger partial charge in [-0.3, -0.25) is 0 Å². The van der Waals surface area contributed by atoms with Crippen molar-refractivity contribution in [2.45, 2.75) is 37.6 Å². The predicted octanol–water partition coefficient (Wildman–Crippen LogP) is 1.62. The summed E-state index contributed by atoms with van der Waals surface area (Å²) in [5.41, 5.74) is 0. The van der Waals surface area contributed by atoms with Gasteiger partial charge < -0.3 is 15.0 Å². The van der Waals surface area contributed by atoms with Crippen molar-refractivity contribution in [1.82, 2.24) is 14.7 Å². The molecule has 1 aliphatic carbocycles. The van der Waals surface area contributed by atoms with Gasteiger partial charge in [0.15, 0.2) is 0 Å². The molecule has 0 bridgehead atoms. The molecule has 1 N–H and O–H groups in total. The summed E-state index contributed by atoms with van der Waals surface area (Å²) < 4.78 is 9.73. The second-order valence-corrected chi connectivity index (χ2v) is 6.17.